The summed E-state index contributed by atoms with van der Waals surface area (Å²) in [4.78, 5) is 4.20. The summed E-state index contributed by atoms with van der Waals surface area (Å²) in [7, 11) is 1.36. The molecule has 0 aromatic rings. The molecule has 0 amide bonds. The van der Waals surface area contributed by atoms with Crippen molar-refractivity contribution >= 4 is 5.71 Å². The topological polar surface area (TPSA) is 45.4 Å². The lowest BCUT2D eigenvalue weighted by Gasteiger charge is -1.81. The molecule has 1 radical (unpaired) electrons. The molecular weight excluding hydrogens is 92.1 g/mol. The molecule has 3 heteroatoms. The standard InChI is InChI=1S/C4H5N2O/c1-4(3-5)6-7-2/h1H2,2H3. The van der Waals surface area contributed by atoms with E-state index in [1.807, 2.05) is 0 Å². The van der Waals surface area contributed by atoms with Gasteiger partial charge in [-0.3, -0.25) is 0 Å². The Kier molecular flexibility index (Phi) is 2.69. The van der Waals surface area contributed by atoms with Crippen LogP contribution in [0, 0.1) is 18.3 Å². The first kappa shape index (κ1) is 5.96. The minimum atomic E-state index is 0.0856. The van der Waals surface area contributed by atoms with Gasteiger partial charge in [0, 0.05) is 6.92 Å². The number of hydrogen-bond donors (Lipinski definition) is 0. The van der Waals surface area contributed by atoms with E-state index in [-0.39, 0.29) is 5.71 Å². The molecule has 3 nitrogen and oxygen atoms in total. The Balaban J connectivity index is 3.57. The van der Waals surface area contributed by atoms with Gasteiger partial charge in [-0.1, -0.05) is 5.16 Å². The van der Waals surface area contributed by atoms with Gasteiger partial charge in [-0.05, 0) is 0 Å². The lowest BCUT2D eigenvalue weighted by Crippen LogP contribution is -1.84. The number of hydrogen-bond acceptors (Lipinski definition) is 3. The fourth-order valence-electron chi connectivity index (χ4n) is 0.131. The van der Waals surface area contributed by atoms with E-state index in [9.17, 15) is 0 Å². The first-order valence-electron chi connectivity index (χ1n) is 1.64. The molecule has 0 bridgehead atoms. The van der Waals surface area contributed by atoms with E-state index in [2.05, 4.69) is 16.9 Å². The summed E-state index contributed by atoms with van der Waals surface area (Å²) in [5.74, 6) is 0. The molecule has 7 heavy (non-hydrogen) atoms. The van der Waals surface area contributed by atoms with Gasteiger partial charge in [-0.25, -0.2) is 0 Å². The second kappa shape index (κ2) is 3.16. The van der Waals surface area contributed by atoms with Crippen molar-refractivity contribution in [1.29, 1.82) is 5.26 Å². The molecule has 0 aliphatic rings. The Morgan fingerprint density at radius 2 is 2.57 bits per heavy atom. The fraction of sp³-hybridized carbons (Fsp3) is 0.250. The van der Waals surface area contributed by atoms with Crippen LogP contribution in [0.3, 0.4) is 0 Å². The van der Waals surface area contributed by atoms with Gasteiger partial charge < -0.3 is 4.84 Å². The van der Waals surface area contributed by atoms with Crippen molar-refractivity contribution in [3.63, 3.8) is 0 Å². The third-order valence-corrected chi connectivity index (χ3v) is 0.331. The molecule has 0 spiro atoms. The minimum Gasteiger partial charge on any atom is -0.398 e. The fourth-order valence-corrected chi connectivity index (χ4v) is 0.131. The zero-order valence-corrected chi connectivity index (χ0v) is 4.01. The van der Waals surface area contributed by atoms with Crippen LogP contribution in [0.1, 0.15) is 0 Å². The SMILES string of the molecule is [CH2]C(C#N)=NOC. The van der Waals surface area contributed by atoms with Gasteiger partial charge in [-0.15, -0.1) is 0 Å². The highest BCUT2D eigenvalue weighted by Gasteiger charge is 1.79. The number of oxime groups is 1. The Hall–Kier alpha value is -1.04. The Labute approximate surface area is 42.2 Å². The number of nitriles is 1. The van der Waals surface area contributed by atoms with Gasteiger partial charge in [0.2, 0.25) is 0 Å². The lowest BCUT2D eigenvalue weighted by atomic mass is 10.5. The Morgan fingerprint density at radius 3 is 2.71 bits per heavy atom. The van der Waals surface area contributed by atoms with Crippen LogP contribution in [-0.2, 0) is 4.84 Å². The lowest BCUT2D eigenvalue weighted by molar-refractivity contribution is 0.214. The molecule has 0 unspecified atom stereocenters. The molecule has 0 N–H and O–H groups in total. The second-order valence-corrected chi connectivity index (χ2v) is 0.832. The van der Waals surface area contributed by atoms with E-state index in [1.54, 1.807) is 6.07 Å². The molecule has 0 saturated carbocycles. The molecule has 0 saturated heterocycles. The van der Waals surface area contributed by atoms with Crippen LogP contribution in [0.25, 0.3) is 0 Å². The quantitative estimate of drug-likeness (QED) is 0.350. The van der Waals surface area contributed by atoms with E-state index >= 15 is 0 Å². The van der Waals surface area contributed by atoms with Gasteiger partial charge in [0.05, 0.1) is 0 Å². The molecule has 0 rings (SSSR count). The van der Waals surface area contributed by atoms with Crippen LogP contribution in [-0.4, -0.2) is 12.8 Å². The summed E-state index contributed by atoms with van der Waals surface area (Å²) >= 11 is 0. The highest BCUT2D eigenvalue weighted by Crippen LogP contribution is 1.71. The van der Waals surface area contributed by atoms with E-state index in [0.29, 0.717) is 0 Å². The maximum atomic E-state index is 7.94. The van der Waals surface area contributed by atoms with Crippen LogP contribution >= 0.6 is 0 Å². The van der Waals surface area contributed by atoms with Crippen LogP contribution < -0.4 is 0 Å². The van der Waals surface area contributed by atoms with Gasteiger partial charge in [-0.2, -0.15) is 5.26 Å². The first-order chi connectivity index (χ1) is 3.31. The van der Waals surface area contributed by atoms with Gasteiger partial charge >= 0.3 is 0 Å². The molecule has 0 atom stereocenters. The third-order valence-electron chi connectivity index (χ3n) is 0.331. The molecule has 0 aromatic heterocycles. The van der Waals surface area contributed by atoms with Gasteiger partial charge in [0.1, 0.15) is 13.2 Å². The predicted molar refractivity (Wildman–Crippen MR) is 25.4 cm³/mol. The van der Waals surface area contributed by atoms with Crippen molar-refractivity contribution < 1.29 is 4.84 Å². The van der Waals surface area contributed by atoms with E-state index < -0.39 is 0 Å². The molecule has 0 aliphatic carbocycles. The monoisotopic (exact) mass is 97.0 g/mol. The average molecular weight is 97.1 g/mol. The normalized spacial score (nSPS) is 10.1. The largest absolute Gasteiger partial charge is 0.398 e. The number of nitrogens with zero attached hydrogens (tertiary/aromatic N) is 2. The van der Waals surface area contributed by atoms with Crippen molar-refractivity contribution in [1.82, 2.24) is 0 Å². The Bertz CT molecular complexity index is 111. The summed E-state index contributed by atoms with van der Waals surface area (Å²) in [6.45, 7) is 3.21. The van der Waals surface area contributed by atoms with Gasteiger partial charge in [0.25, 0.3) is 0 Å². The molecule has 37 valence electrons. The molecule has 0 fully saturated rings. The molecular formula is C4H5N2O. The smallest absolute Gasteiger partial charge is 0.157 e. The zero-order valence-electron chi connectivity index (χ0n) is 4.01. The first-order valence-corrected chi connectivity index (χ1v) is 1.64. The van der Waals surface area contributed by atoms with Crippen molar-refractivity contribution in [3.8, 4) is 6.07 Å². The summed E-state index contributed by atoms with van der Waals surface area (Å²) < 4.78 is 0. The summed E-state index contributed by atoms with van der Waals surface area (Å²) in [5.41, 5.74) is 0.0856. The predicted octanol–water partition coefficient (Wildman–Crippen LogP) is 0.346. The summed E-state index contributed by atoms with van der Waals surface area (Å²) in [6, 6.07) is 1.68. The van der Waals surface area contributed by atoms with Crippen molar-refractivity contribution in [2.24, 2.45) is 5.16 Å². The van der Waals surface area contributed by atoms with Crippen LogP contribution in [0.5, 0.6) is 0 Å². The van der Waals surface area contributed by atoms with Crippen LogP contribution in [0.2, 0.25) is 0 Å². The zero-order chi connectivity index (χ0) is 5.70. The average Bonchev–Trinajstić information content (AvgIpc) is 1.68. The van der Waals surface area contributed by atoms with E-state index in [1.165, 1.54) is 7.11 Å². The summed E-state index contributed by atoms with van der Waals surface area (Å²) in [6.07, 6.45) is 0. The molecule has 0 aromatic carbocycles. The molecule has 0 heterocycles. The van der Waals surface area contributed by atoms with Crippen molar-refractivity contribution in [2.75, 3.05) is 7.11 Å². The third kappa shape index (κ3) is 2.77. The van der Waals surface area contributed by atoms with Crippen molar-refractivity contribution in [2.45, 2.75) is 0 Å². The maximum absolute atomic E-state index is 7.94. The van der Waals surface area contributed by atoms with E-state index in [4.69, 9.17) is 5.26 Å². The molecule has 0 aliphatic heterocycles. The second-order valence-electron chi connectivity index (χ2n) is 0.832. The highest BCUT2D eigenvalue weighted by atomic mass is 16.6. The van der Waals surface area contributed by atoms with Gasteiger partial charge in [0.15, 0.2) is 5.71 Å². The summed E-state index contributed by atoms with van der Waals surface area (Å²) in [5, 5.41) is 11.1. The Morgan fingerprint density at radius 1 is 2.00 bits per heavy atom. The van der Waals surface area contributed by atoms with Crippen molar-refractivity contribution in [3.05, 3.63) is 6.92 Å². The highest BCUT2D eigenvalue weighted by molar-refractivity contribution is 6.01. The minimum absolute atomic E-state index is 0.0856. The van der Waals surface area contributed by atoms with Crippen LogP contribution in [0.15, 0.2) is 5.16 Å². The number of rotatable bonds is 1. The van der Waals surface area contributed by atoms with E-state index in [0.717, 1.165) is 0 Å². The maximum Gasteiger partial charge on any atom is 0.157 e. The van der Waals surface area contributed by atoms with Crippen LogP contribution in [0.4, 0.5) is 0 Å².